The molecule has 2 N–H and O–H groups in total. The van der Waals surface area contributed by atoms with Crippen LogP contribution in [-0.4, -0.2) is 30.6 Å². The molecule has 19 heavy (non-hydrogen) atoms. The number of nitrogens with zero attached hydrogens (tertiary/aromatic N) is 1. The first-order valence-corrected chi connectivity index (χ1v) is 8.31. The monoisotopic (exact) mass is 268 g/mol. The van der Waals surface area contributed by atoms with E-state index in [9.17, 15) is 0 Å². The van der Waals surface area contributed by atoms with Gasteiger partial charge in [0.15, 0.2) is 0 Å². The molecule has 0 aromatic carbocycles. The number of hydrogen-bond acceptors (Lipinski definition) is 2. The van der Waals surface area contributed by atoms with Crippen LogP contribution < -0.4 is 5.73 Å². The van der Waals surface area contributed by atoms with Crippen molar-refractivity contribution in [1.82, 2.24) is 4.90 Å². The molecule has 0 unspecified atom stereocenters. The van der Waals surface area contributed by atoms with Gasteiger partial charge in [-0.1, -0.05) is 40.5 Å². The lowest BCUT2D eigenvalue weighted by molar-refractivity contribution is 0.0642. The van der Waals surface area contributed by atoms with E-state index in [1.807, 2.05) is 0 Å². The second kappa shape index (κ2) is 7.64. The zero-order valence-corrected chi connectivity index (χ0v) is 13.9. The van der Waals surface area contributed by atoms with Gasteiger partial charge in [0, 0.05) is 18.6 Å². The van der Waals surface area contributed by atoms with Gasteiger partial charge in [-0.2, -0.15) is 0 Å². The number of rotatable bonds is 8. The van der Waals surface area contributed by atoms with E-state index in [0.717, 1.165) is 12.5 Å². The molecule has 0 aliphatic heterocycles. The minimum Gasteiger partial charge on any atom is -0.329 e. The molecule has 1 aliphatic carbocycles. The quantitative estimate of drug-likeness (QED) is 0.723. The molecule has 1 rings (SSSR count). The normalized spacial score (nSPS) is 18.2. The lowest BCUT2D eigenvalue weighted by atomic mass is 9.80. The summed E-state index contributed by atoms with van der Waals surface area (Å²) < 4.78 is 0. The predicted molar refractivity (Wildman–Crippen MR) is 85.3 cm³/mol. The molecule has 1 fully saturated rings. The average Bonchev–Trinajstić information content (AvgIpc) is 2.79. The fraction of sp³-hybridized carbons (Fsp3) is 1.00. The van der Waals surface area contributed by atoms with E-state index < -0.39 is 0 Å². The van der Waals surface area contributed by atoms with E-state index in [0.29, 0.717) is 11.8 Å². The molecule has 0 spiro atoms. The van der Waals surface area contributed by atoms with Gasteiger partial charge in [-0.05, 0) is 50.5 Å². The molecule has 1 saturated carbocycles. The highest BCUT2D eigenvalue weighted by Crippen LogP contribution is 2.33. The van der Waals surface area contributed by atoms with Crippen LogP contribution in [0.1, 0.15) is 66.2 Å². The van der Waals surface area contributed by atoms with Crippen LogP contribution in [0.3, 0.4) is 0 Å². The van der Waals surface area contributed by atoms with E-state index in [1.54, 1.807) is 0 Å². The number of nitrogens with two attached hydrogens (primary N) is 1. The average molecular weight is 268 g/mol. The standard InChI is InChI=1S/C17H36N2/c1-14(2)10-17(13-18,11-15(3)4)19(5)12-16-8-6-7-9-16/h14-16H,6-13,18H2,1-5H3. The summed E-state index contributed by atoms with van der Waals surface area (Å²) >= 11 is 0. The third-order valence-electron chi connectivity index (χ3n) is 4.77. The highest BCUT2D eigenvalue weighted by atomic mass is 15.2. The Morgan fingerprint density at radius 1 is 1.05 bits per heavy atom. The van der Waals surface area contributed by atoms with Gasteiger partial charge in [-0.25, -0.2) is 0 Å². The first kappa shape index (κ1) is 17.0. The maximum atomic E-state index is 6.24. The van der Waals surface area contributed by atoms with Crippen molar-refractivity contribution < 1.29 is 0 Å². The predicted octanol–water partition coefficient (Wildman–Crippen LogP) is 3.90. The zero-order valence-electron chi connectivity index (χ0n) is 13.9. The Morgan fingerprint density at radius 3 is 1.89 bits per heavy atom. The van der Waals surface area contributed by atoms with E-state index >= 15 is 0 Å². The Bertz CT molecular complexity index is 232. The smallest absolute Gasteiger partial charge is 0.0333 e. The summed E-state index contributed by atoms with van der Waals surface area (Å²) in [4.78, 5) is 2.61. The van der Waals surface area contributed by atoms with Crippen molar-refractivity contribution >= 4 is 0 Å². The van der Waals surface area contributed by atoms with Crippen molar-refractivity contribution in [2.45, 2.75) is 71.8 Å². The summed E-state index contributed by atoms with van der Waals surface area (Å²) in [6.45, 7) is 11.4. The molecule has 0 radical (unpaired) electrons. The maximum absolute atomic E-state index is 6.24. The summed E-state index contributed by atoms with van der Waals surface area (Å²) in [5.74, 6) is 2.34. The molecule has 2 nitrogen and oxygen atoms in total. The van der Waals surface area contributed by atoms with E-state index in [4.69, 9.17) is 5.73 Å². The molecule has 0 bridgehead atoms. The molecule has 0 heterocycles. The van der Waals surface area contributed by atoms with Crippen LogP contribution in [0.15, 0.2) is 0 Å². The lowest BCUT2D eigenvalue weighted by Gasteiger charge is -2.45. The van der Waals surface area contributed by atoms with Gasteiger partial charge < -0.3 is 5.73 Å². The van der Waals surface area contributed by atoms with Crippen molar-refractivity contribution in [1.29, 1.82) is 0 Å². The van der Waals surface area contributed by atoms with Gasteiger partial charge in [0.05, 0.1) is 0 Å². The largest absolute Gasteiger partial charge is 0.329 e. The van der Waals surface area contributed by atoms with Crippen LogP contribution >= 0.6 is 0 Å². The van der Waals surface area contributed by atoms with E-state index in [1.165, 1.54) is 45.1 Å². The van der Waals surface area contributed by atoms with Crippen LogP contribution in [0.4, 0.5) is 0 Å². The Balaban J connectivity index is 2.73. The number of likely N-dealkylation sites (N-methyl/N-ethyl adjacent to an activating group) is 1. The van der Waals surface area contributed by atoms with E-state index in [-0.39, 0.29) is 5.54 Å². The minimum absolute atomic E-state index is 0.213. The molecule has 114 valence electrons. The van der Waals surface area contributed by atoms with Gasteiger partial charge in [-0.3, -0.25) is 4.90 Å². The van der Waals surface area contributed by atoms with Crippen LogP contribution in [-0.2, 0) is 0 Å². The van der Waals surface area contributed by atoms with Crippen LogP contribution in [0.2, 0.25) is 0 Å². The SMILES string of the molecule is CC(C)CC(CN)(CC(C)C)N(C)CC1CCCC1. The molecular weight excluding hydrogens is 232 g/mol. The number of hydrogen-bond donors (Lipinski definition) is 1. The van der Waals surface area contributed by atoms with Crippen LogP contribution in [0.5, 0.6) is 0 Å². The summed E-state index contributed by atoms with van der Waals surface area (Å²) in [5.41, 5.74) is 6.45. The summed E-state index contributed by atoms with van der Waals surface area (Å²) in [6, 6.07) is 0. The van der Waals surface area contributed by atoms with E-state index in [2.05, 4.69) is 39.6 Å². The van der Waals surface area contributed by atoms with Gasteiger partial charge in [0.1, 0.15) is 0 Å². The topological polar surface area (TPSA) is 29.3 Å². The van der Waals surface area contributed by atoms with Gasteiger partial charge >= 0.3 is 0 Å². The minimum atomic E-state index is 0.213. The summed E-state index contributed by atoms with van der Waals surface area (Å²) in [7, 11) is 2.32. The molecule has 0 aromatic heterocycles. The molecule has 2 heteroatoms. The first-order valence-electron chi connectivity index (χ1n) is 8.31. The van der Waals surface area contributed by atoms with Crippen molar-refractivity contribution in [2.75, 3.05) is 20.1 Å². The first-order chi connectivity index (χ1) is 8.89. The third-order valence-corrected chi connectivity index (χ3v) is 4.77. The molecule has 1 aliphatic rings. The Kier molecular flexibility index (Phi) is 6.82. The molecule has 0 saturated heterocycles. The molecular formula is C17H36N2. The van der Waals surface area contributed by atoms with Gasteiger partial charge in [0.25, 0.3) is 0 Å². The summed E-state index contributed by atoms with van der Waals surface area (Å²) in [6.07, 6.45) is 8.17. The van der Waals surface area contributed by atoms with Crippen molar-refractivity contribution in [2.24, 2.45) is 23.5 Å². The van der Waals surface area contributed by atoms with Crippen molar-refractivity contribution in [3.05, 3.63) is 0 Å². The molecule has 0 aromatic rings. The van der Waals surface area contributed by atoms with Crippen molar-refractivity contribution in [3.63, 3.8) is 0 Å². The second-order valence-electron chi connectivity index (χ2n) is 7.66. The van der Waals surface area contributed by atoms with Gasteiger partial charge in [-0.15, -0.1) is 0 Å². The fourth-order valence-corrected chi connectivity index (χ4v) is 4.01. The fourth-order valence-electron chi connectivity index (χ4n) is 4.01. The Hall–Kier alpha value is -0.0800. The van der Waals surface area contributed by atoms with Crippen LogP contribution in [0, 0.1) is 17.8 Å². The lowest BCUT2D eigenvalue weighted by Crippen LogP contribution is -2.54. The van der Waals surface area contributed by atoms with Crippen molar-refractivity contribution in [3.8, 4) is 0 Å². The molecule has 0 amide bonds. The molecule has 0 atom stereocenters. The maximum Gasteiger partial charge on any atom is 0.0333 e. The van der Waals surface area contributed by atoms with Crippen LogP contribution in [0.25, 0.3) is 0 Å². The Labute approximate surface area is 121 Å². The second-order valence-corrected chi connectivity index (χ2v) is 7.66. The third kappa shape index (κ3) is 5.07. The Morgan fingerprint density at radius 2 is 1.53 bits per heavy atom. The van der Waals surface area contributed by atoms with Gasteiger partial charge in [0.2, 0.25) is 0 Å². The summed E-state index contributed by atoms with van der Waals surface area (Å²) in [5, 5.41) is 0. The highest BCUT2D eigenvalue weighted by molar-refractivity contribution is 4.93. The highest BCUT2D eigenvalue weighted by Gasteiger charge is 2.35. The zero-order chi connectivity index (χ0) is 14.5.